The summed E-state index contributed by atoms with van der Waals surface area (Å²) in [4.78, 5) is 0. The Labute approximate surface area is 667 Å². The minimum Gasteiger partial charge on any atom is -0.456 e. The minimum absolute atomic E-state index is 0.100. The highest BCUT2D eigenvalue weighted by Gasteiger charge is 2.40. The molecule has 21 aromatic carbocycles. The smallest absolute Gasteiger partial charge is 0.135 e. The summed E-state index contributed by atoms with van der Waals surface area (Å²) in [5.74, 6) is 0. The van der Waals surface area contributed by atoms with Crippen LogP contribution in [0.4, 0.5) is 0 Å². The van der Waals surface area contributed by atoms with Crippen LogP contribution in [0.5, 0.6) is 0 Å². The van der Waals surface area contributed by atoms with E-state index in [0.717, 1.165) is 21.9 Å². The number of furan rings is 1. The molecule has 2 aliphatic carbocycles. The molecule has 0 unspecified atom stereocenters. The van der Waals surface area contributed by atoms with E-state index in [9.17, 15) is 0 Å². The number of hydrogen-bond donors (Lipinski definition) is 0. The van der Waals surface area contributed by atoms with Gasteiger partial charge in [0.2, 0.25) is 0 Å². The third-order valence-corrected chi connectivity index (χ3v) is 25.9. The van der Waals surface area contributed by atoms with Crippen molar-refractivity contribution >= 4 is 119 Å². The standard InChI is InChI=1S/C61H40O.C53H36/c1-61(2)54-33-31-41(36-53(54)59-46-16-5-3-13-43(46)44-14-4-10-21-51(44)60(59)61)37-23-27-39(28-24-37)57-47-17-6-8-19-49(47)58(50-20-9-7-18-48(50)57)40-29-25-38(26-30-40)42-32-34-56-52(35-42)45-15-11-12-22-55(45)62-56;1-53(2)48-31-30-36(32-47(48)51-41-19-7-5-17-38(41)39-18-6-12-24-46(39)52(51)53)33-26-28-35(29-27-33)49-42-20-8-10-22-44(42)50(45-23-11-9-21-43(45)49)40-25-13-15-34-14-3-4-16-37(34)40/h3-36H,1-2H3;3-32H,1-2H3. The molecule has 22 aromatic rings. The van der Waals surface area contributed by atoms with Crippen LogP contribution in [0, 0.1) is 0 Å². The van der Waals surface area contributed by atoms with Gasteiger partial charge in [-0.2, -0.15) is 0 Å². The number of benzene rings is 21. The van der Waals surface area contributed by atoms with Crippen molar-refractivity contribution in [2.75, 3.05) is 0 Å². The summed E-state index contributed by atoms with van der Waals surface area (Å²) in [7, 11) is 0. The van der Waals surface area contributed by atoms with Gasteiger partial charge in [-0.05, 0) is 250 Å². The fourth-order valence-corrected chi connectivity index (χ4v) is 20.7. The largest absolute Gasteiger partial charge is 0.456 e. The summed E-state index contributed by atoms with van der Waals surface area (Å²) in [6.07, 6.45) is 0. The first-order valence-electron chi connectivity index (χ1n) is 40.4. The second-order valence-corrected chi connectivity index (χ2v) is 32.7. The maximum atomic E-state index is 6.12. The zero-order valence-electron chi connectivity index (χ0n) is 64.4. The predicted molar refractivity (Wildman–Crippen MR) is 491 cm³/mol. The summed E-state index contributed by atoms with van der Waals surface area (Å²) in [6, 6.07) is 144. The molecular weight excluding hydrogens is 1390 g/mol. The quantitative estimate of drug-likeness (QED) is 0.114. The summed E-state index contributed by atoms with van der Waals surface area (Å²) >= 11 is 0. The van der Waals surface area contributed by atoms with Gasteiger partial charge in [-0.25, -0.2) is 0 Å². The maximum Gasteiger partial charge on any atom is 0.135 e. The molecule has 0 saturated heterocycles. The van der Waals surface area contributed by atoms with Crippen molar-refractivity contribution < 1.29 is 4.42 Å². The SMILES string of the molecule is CC1(C)c2ccc(-c3ccc(-c4c5ccccc5c(-c5ccc(-c6ccc7oc8ccccc8c7c6)cc5)c5ccccc45)cc3)cc2-c2c1c1ccccc1c1ccccc21.CC1(C)c2ccc(-c3ccc(-c4c5ccccc5c(-c5cccc6ccccc56)c5ccccc45)cc3)cc2-c2c1c1ccccc1c1ccccc21. The summed E-state index contributed by atoms with van der Waals surface area (Å²) in [6.45, 7) is 9.58. The molecule has 24 rings (SSSR count). The van der Waals surface area contributed by atoms with Crippen LogP contribution < -0.4 is 0 Å². The number of fused-ring (bicyclic) bond motifs is 24. The summed E-state index contributed by atoms with van der Waals surface area (Å²) in [5.41, 5.74) is 30.1. The average molecular weight is 1460 g/mol. The van der Waals surface area contributed by atoms with Crippen LogP contribution in [-0.2, 0) is 10.8 Å². The van der Waals surface area contributed by atoms with Crippen molar-refractivity contribution in [3.8, 4) is 100 Å². The fraction of sp³-hybridized carbons (Fsp3) is 0.0526. The van der Waals surface area contributed by atoms with E-state index in [4.69, 9.17) is 4.42 Å². The van der Waals surface area contributed by atoms with Crippen molar-refractivity contribution in [2.45, 2.75) is 38.5 Å². The van der Waals surface area contributed by atoms with E-state index >= 15 is 0 Å². The van der Waals surface area contributed by atoms with Gasteiger partial charge in [-0.1, -0.05) is 386 Å². The Bertz CT molecular complexity index is 7740. The Morgan fingerprint density at radius 1 is 0.165 bits per heavy atom. The predicted octanol–water partition coefficient (Wildman–Crippen LogP) is 31.9. The fourth-order valence-electron chi connectivity index (χ4n) is 20.7. The number of rotatable bonds is 7. The van der Waals surface area contributed by atoms with Crippen LogP contribution in [-0.4, -0.2) is 0 Å². The Morgan fingerprint density at radius 2 is 0.435 bits per heavy atom. The second-order valence-electron chi connectivity index (χ2n) is 32.7. The van der Waals surface area contributed by atoms with Crippen LogP contribution in [0.1, 0.15) is 49.9 Å². The second kappa shape index (κ2) is 25.7. The lowest BCUT2D eigenvalue weighted by Gasteiger charge is -2.24. The molecule has 1 heterocycles. The maximum absolute atomic E-state index is 6.12. The van der Waals surface area contributed by atoms with Crippen LogP contribution in [0.15, 0.2) is 393 Å². The van der Waals surface area contributed by atoms with Gasteiger partial charge in [-0.3, -0.25) is 0 Å². The highest BCUT2D eigenvalue weighted by molar-refractivity contribution is 6.26. The van der Waals surface area contributed by atoms with Gasteiger partial charge in [0.25, 0.3) is 0 Å². The van der Waals surface area contributed by atoms with Crippen molar-refractivity contribution in [3.63, 3.8) is 0 Å². The Kier molecular flexibility index (Phi) is 14.8. The van der Waals surface area contributed by atoms with E-state index < -0.39 is 0 Å². The summed E-state index contributed by atoms with van der Waals surface area (Å²) in [5, 5.41) is 25.7. The molecule has 1 nitrogen and oxygen atoms in total. The molecule has 0 amide bonds. The topological polar surface area (TPSA) is 13.1 Å². The number of para-hydroxylation sites is 1. The van der Waals surface area contributed by atoms with Crippen LogP contribution >= 0.6 is 0 Å². The van der Waals surface area contributed by atoms with Crippen LogP contribution in [0.25, 0.3) is 219 Å². The van der Waals surface area contributed by atoms with Gasteiger partial charge in [0.05, 0.1) is 0 Å². The molecule has 0 spiro atoms. The van der Waals surface area contributed by atoms with E-state index in [1.54, 1.807) is 0 Å². The van der Waals surface area contributed by atoms with Gasteiger partial charge in [-0.15, -0.1) is 0 Å². The van der Waals surface area contributed by atoms with Gasteiger partial charge < -0.3 is 4.42 Å². The third-order valence-electron chi connectivity index (χ3n) is 25.9. The zero-order chi connectivity index (χ0) is 76.4. The molecule has 0 fully saturated rings. The minimum atomic E-state index is -0.113. The third kappa shape index (κ3) is 10.1. The van der Waals surface area contributed by atoms with E-state index in [1.165, 1.54) is 219 Å². The molecule has 0 aliphatic heterocycles. The van der Waals surface area contributed by atoms with Gasteiger partial charge >= 0.3 is 0 Å². The molecule has 2 aliphatic rings. The molecule has 0 bridgehead atoms. The normalized spacial score (nSPS) is 13.2. The van der Waals surface area contributed by atoms with Crippen molar-refractivity contribution in [3.05, 3.63) is 411 Å². The van der Waals surface area contributed by atoms with Gasteiger partial charge in [0.15, 0.2) is 0 Å². The van der Waals surface area contributed by atoms with Crippen LogP contribution in [0.2, 0.25) is 0 Å². The van der Waals surface area contributed by atoms with E-state index in [2.05, 4.69) is 404 Å². The molecule has 0 radical (unpaired) electrons. The van der Waals surface area contributed by atoms with Crippen molar-refractivity contribution in [2.24, 2.45) is 0 Å². The Balaban J connectivity index is 0.000000138. The van der Waals surface area contributed by atoms with Crippen molar-refractivity contribution in [1.82, 2.24) is 0 Å². The van der Waals surface area contributed by atoms with Crippen molar-refractivity contribution in [1.29, 1.82) is 0 Å². The molecule has 1 aromatic heterocycles. The van der Waals surface area contributed by atoms with E-state index in [1.807, 2.05) is 12.1 Å². The van der Waals surface area contributed by atoms with Gasteiger partial charge in [0, 0.05) is 21.6 Å². The Morgan fingerprint density at radius 3 is 0.835 bits per heavy atom. The molecule has 0 atom stereocenters. The van der Waals surface area contributed by atoms with Crippen LogP contribution in [0.3, 0.4) is 0 Å². The highest BCUT2D eigenvalue weighted by Crippen LogP contribution is 2.58. The molecule has 0 N–H and O–H groups in total. The Hall–Kier alpha value is -14.2. The molecule has 115 heavy (non-hydrogen) atoms. The lowest BCUT2D eigenvalue weighted by atomic mass is 9.79. The average Bonchev–Trinajstić information content (AvgIpc) is 1.66. The first-order valence-corrected chi connectivity index (χ1v) is 40.4. The van der Waals surface area contributed by atoms with E-state index in [0.29, 0.717) is 0 Å². The number of hydrogen-bond acceptors (Lipinski definition) is 1. The molecule has 1 heteroatoms. The summed E-state index contributed by atoms with van der Waals surface area (Å²) < 4.78 is 6.12. The molecular formula is C114H76O. The first-order chi connectivity index (χ1) is 56.6. The van der Waals surface area contributed by atoms with E-state index in [-0.39, 0.29) is 10.8 Å². The lowest BCUT2D eigenvalue weighted by Crippen LogP contribution is -2.15. The highest BCUT2D eigenvalue weighted by atomic mass is 16.3. The molecule has 538 valence electrons. The molecule has 0 saturated carbocycles. The lowest BCUT2D eigenvalue weighted by molar-refractivity contribution is 0.666. The monoisotopic (exact) mass is 1460 g/mol. The van der Waals surface area contributed by atoms with Gasteiger partial charge in [0.1, 0.15) is 11.2 Å². The first kappa shape index (κ1) is 66.5. The zero-order valence-corrected chi connectivity index (χ0v) is 64.4.